The molecule has 1 saturated heterocycles. The number of likely N-dealkylation sites (tertiary alicyclic amines) is 1. The quantitative estimate of drug-likeness (QED) is 0.596. The molecule has 0 saturated carbocycles. The minimum Gasteiger partial charge on any atom is -0.497 e. The SMILES string of the molecule is COc1cccc(CNC(=O)c2ccc(C3CCN(Cc4ccccn4)CC3)nc2N)c1. The van der Waals surface area contributed by atoms with Gasteiger partial charge in [0.25, 0.3) is 5.91 Å². The average molecular weight is 432 g/mol. The molecule has 0 unspecified atom stereocenters. The lowest BCUT2D eigenvalue weighted by Gasteiger charge is -2.31. The molecule has 0 aliphatic carbocycles. The van der Waals surface area contributed by atoms with Crippen LogP contribution in [0.2, 0.25) is 0 Å². The van der Waals surface area contributed by atoms with Gasteiger partial charge >= 0.3 is 0 Å². The van der Waals surface area contributed by atoms with Crippen molar-refractivity contribution in [3.8, 4) is 5.75 Å². The molecule has 3 N–H and O–H groups in total. The summed E-state index contributed by atoms with van der Waals surface area (Å²) in [6.07, 6.45) is 3.87. The Morgan fingerprint density at radius 2 is 2.00 bits per heavy atom. The highest BCUT2D eigenvalue weighted by Gasteiger charge is 2.23. The molecule has 32 heavy (non-hydrogen) atoms. The van der Waals surface area contributed by atoms with E-state index in [0.29, 0.717) is 18.0 Å². The lowest BCUT2D eigenvalue weighted by molar-refractivity contribution is 0.0951. The Labute approximate surface area is 188 Å². The minimum absolute atomic E-state index is 0.227. The standard InChI is InChI=1S/C25H29N5O2/c1-32-21-7-4-5-18(15-21)16-28-25(31)22-8-9-23(29-24(22)26)19-10-13-30(14-11-19)17-20-6-2-3-12-27-20/h2-9,12,15,19H,10-11,13-14,16-17H2,1H3,(H2,26,29)(H,28,31). The molecular formula is C25H29N5O2. The van der Waals surface area contributed by atoms with Gasteiger partial charge in [0.1, 0.15) is 11.6 Å². The van der Waals surface area contributed by atoms with Gasteiger partial charge in [-0.05, 0) is 67.9 Å². The molecular weight excluding hydrogens is 402 g/mol. The average Bonchev–Trinajstić information content (AvgIpc) is 2.84. The summed E-state index contributed by atoms with van der Waals surface area (Å²) in [5.41, 5.74) is 9.58. The lowest BCUT2D eigenvalue weighted by Crippen LogP contribution is -2.33. The molecule has 0 radical (unpaired) electrons. The van der Waals surface area contributed by atoms with Gasteiger partial charge in [-0.2, -0.15) is 0 Å². The molecule has 1 aliphatic rings. The number of nitrogen functional groups attached to an aromatic ring is 1. The first-order valence-corrected chi connectivity index (χ1v) is 10.9. The summed E-state index contributed by atoms with van der Waals surface area (Å²) in [5.74, 6) is 1.16. The van der Waals surface area contributed by atoms with Gasteiger partial charge in [-0.1, -0.05) is 18.2 Å². The Morgan fingerprint density at radius 3 is 2.72 bits per heavy atom. The van der Waals surface area contributed by atoms with Gasteiger partial charge in [-0.25, -0.2) is 4.98 Å². The van der Waals surface area contributed by atoms with Gasteiger partial charge in [-0.3, -0.25) is 14.7 Å². The largest absolute Gasteiger partial charge is 0.497 e. The van der Waals surface area contributed by atoms with E-state index < -0.39 is 0 Å². The molecule has 1 aliphatic heterocycles. The van der Waals surface area contributed by atoms with Crippen molar-refractivity contribution >= 4 is 11.7 Å². The molecule has 3 heterocycles. The second-order valence-corrected chi connectivity index (χ2v) is 8.07. The number of carbonyl (C=O) groups excluding carboxylic acids is 1. The summed E-state index contributed by atoms with van der Waals surface area (Å²) in [6, 6.07) is 17.4. The number of pyridine rings is 2. The van der Waals surface area contributed by atoms with E-state index in [1.54, 1.807) is 13.2 Å². The van der Waals surface area contributed by atoms with Crippen LogP contribution in [0.4, 0.5) is 5.82 Å². The zero-order chi connectivity index (χ0) is 22.3. The van der Waals surface area contributed by atoms with Crippen LogP contribution in [0, 0.1) is 0 Å². The predicted octanol–water partition coefficient (Wildman–Crippen LogP) is 3.38. The molecule has 0 spiro atoms. The van der Waals surface area contributed by atoms with E-state index in [1.807, 2.05) is 48.7 Å². The summed E-state index contributed by atoms with van der Waals surface area (Å²) in [4.78, 5) is 24.0. The number of rotatable bonds is 7. The fourth-order valence-electron chi connectivity index (χ4n) is 4.08. The highest BCUT2D eigenvalue weighted by Crippen LogP contribution is 2.28. The van der Waals surface area contributed by atoms with Crippen LogP contribution < -0.4 is 15.8 Å². The first-order valence-electron chi connectivity index (χ1n) is 10.9. The van der Waals surface area contributed by atoms with Crippen LogP contribution in [0.1, 0.15) is 46.1 Å². The number of aromatic nitrogens is 2. The van der Waals surface area contributed by atoms with Crippen LogP contribution in [-0.2, 0) is 13.1 Å². The number of nitrogens with zero attached hydrogens (tertiary/aromatic N) is 3. The summed E-state index contributed by atoms with van der Waals surface area (Å²) in [6.45, 7) is 3.25. The van der Waals surface area contributed by atoms with Crippen molar-refractivity contribution in [2.45, 2.75) is 31.8 Å². The van der Waals surface area contributed by atoms with Crippen molar-refractivity contribution in [3.63, 3.8) is 0 Å². The van der Waals surface area contributed by atoms with Crippen molar-refractivity contribution in [2.24, 2.45) is 0 Å². The van der Waals surface area contributed by atoms with E-state index in [-0.39, 0.29) is 11.7 Å². The molecule has 1 fully saturated rings. The topological polar surface area (TPSA) is 93.4 Å². The molecule has 4 rings (SSSR count). The minimum atomic E-state index is -0.227. The molecule has 7 heteroatoms. The van der Waals surface area contributed by atoms with Crippen LogP contribution in [0.25, 0.3) is 0 Å². The van der Waals surface area contributed by atoms with Crippen molar-refractivity contribution in [1.82, 2.24) is 20.2 Å². The number of nitrogens with one attached hydrogen (secondary N) is 1. The number of benzene rings is 1. The van der Waals surface area contributed by atoms with Gasteiger partial charge < -0.3 is 15.8 Å². The summed E-state index contributed by atoms with van der Waals surface area (Å²) in [5, 5.41) is 2.91. The fourth-order valence-corrected chi connectivity index (χ4v) is 4.08. The number of amides is 1. The zero-order valence-electron chi connectivity index (χ0n) is 18.3. The second kappa shape index (κ2) is 10.2. The Morgan fingerprint density at radius 1 is 1.16 bits per heavy atom. The maximum atomic E-state index is 12.6. The van der Waals surface area contributed by atoms with Gasteiger partial charge in [-0.15, -0.1) is 0 Å². The van der Waals surface area contributed by atoms with E-state index in [0.717, 1.165) is 55.2 Å². The van der Waals surface area contributed by atoms with Crippen LogP contribution >= 0.6 is 0 Å². The highest BCUT2D eigenvalue weighted by atomic mass is 16.5. The summed E-state index contributed by atoms with van der Waals surface area (Å²) in [7, 11) is 1.62. The maximum absolute atomic E-state index is 12.6. The van der Waals surface area contributed by atoms with E-state index >= 15 is 0 Å². The molecule has 7 nitrogen and oxygen atoms in total. The van der Waals surface area contributed by atoms with Gasteiger partial charge in [0.15, 0.2) is 0 Å². The van der Waals surface area contributed by atoms with Crippen LogP contribution in [0.15, 0.2) is 60.8 Å². The second-order valence-electron chi connectivity index (χ2n) is 8.07. The van der Waals surface area contributed by atoms with Gasteiger partial charge in [0.2, 0.25) is 0 Å². The van der Waals surface area contributed by atoms with Gasteiger partial charge in [0.05, 0.1) is 18.4 Å². The Bertz CT molecular complexity index is 1050. The van der Waals surface area contributed by atoms with E-state index in [1.165, 1.54) is 0 Å². The zero-order valence-corrected chi connectivity index (χ0v) is 18.3. The molecule has 166 valence electrons. The van der Waals surface area contributed by atoms with Crippen molar-refractivity contribution in [1.29, 1.82) is 0 Å². The molecule has 3 aromatic rings. The summed E-state index contributed by atoms with van der Waals surface area (Å²) >= 11 is 0. The molecule has 0 bridgehead atoms. The Hall–Kier alpha value is -3.45. The van der Waals surface area contributed by atoms with E-state index in [4.69, 9.17) is 10.5 Å². The number of hydrogen-bond acceptors (Lipinski definition) is 6. The smallest absolute Gasteiger partial charge is 0.255 e. The molecule has 0 atom stereocenters. The number of carbonyl (C=O) groups is 1. The first-order chi connectivity index (χ1) is 15.6. The number of piperidine rings is 1. The first kappa shape index (κ1) is 21.8. The molecule has 1 aromatic carbocycles. The number of methoxy groups -OCH3 is 1. The van der Waals surface area contributed by atoms with Crippen LogP contribution in [0.3, 0.4) is 0 Å². The third-order valence-corrected chi connectivity index (χ3v) is 5.90. The van der Waals surface area contributed by atoms with Crippen molar-refractivity contribution < 1.29 is 9.53 Å². The third kappa shape index (κ3) is 5.42. The summed E-state index contributed by atoms with van der Waals surface area (Å²) < 4.78 is 5.22. The Kier molecular flexibility index (Phi) is 6.97. The fraction of sp³-hybridized carbons (Fsp3) is 0.320. The monoisotopic (exact) mass is 431 g/mol. The number of ether oxygens (including phenoxy) is 1. The molecule has 1 amide bonds. The van der Waals surface area contributed by atoms with Gasteiger partial charge in [0, 0.05) is 30.9 Å². The van der Waals surface area contributed by atoms with Crippen molar-refractivity contribution in [3.05, 3.63) is 83.3 Å². The van der Waals surface area contributed by atoms with Crippen molar-refractivity contribution in [2.75, 3.05) is 25.9 Å². The van der Waals surface area contributed by atoms with Crippen LogP contribution in [-0.4, -0.2) is 41.0 Å². The maximum Gasteiger partial charge on any atom is 0.255 e. The highest BCUT2D eigenvalue weighted by molar-refractivity contribution is 5.98. The van der Waals surface area contributed by atoms with E-state index in [2.05, 4.69) is 26.3 Å². The van der Waals surface area contributed by atoms with E-state index in [9.17, 15) is 4.79 Å². The number of anilines is 1. The molecule has 2 aromatic heterocycles. The van der Waals surface area contributed by atoms with Crippen LogP contribution in [0.5, 0.6) is 5.75 Å². The third-order valence-electron chi connectivity index (χ3n) is 5.90. The number of nitrogens with two attached hydrogens (primary N) is 1. The number of hydrogen-bond donors (Lipinski definition) is 2. The normalized spacial score (nSPS) is 14.8. The Balaban J connectivity index is 1.32. The lowest BCUT2D eigenvalue weighted by atomic mass is 9.92. The predicted molar refractivity (Wildman–Crippen MR) is 124 cm³/mol.